The molecule has 0 amide bonds. The third-order valence-electron chi connectivity index (χ3n) is 2.82. The number of pyridine rings is 1. The van der Waals surface area contributed by atoms with E-state index < -0.39 is 5.97 Å². The van der Waals surface area contributed by atoms with Crippen LogP contribution in [0.25, 0.3) is 11.1 Å². The number of halogens is 3. The lowest BCUT2D eigenvalue weighted by Gasteiger charge is -2.12. The van der Waals surface area contributed by atoms with Gasteiger partial charge in [-0.1, -0.05) is 40.9 Å². The van der Waals surface area contributed by atoms with Gasteiger partial charge in [-0.2, -0.15) is 0 Å². The molecule has 0 aliphatic carbocycles. The molecule has 0 bridgehead atoms. The molecule has 0 saturated heterocycles. The highest BCUT2D eigenvalue weighted by molar-refractivity contribution is 6.49. The van der Waals surface area contributed by atoms with Crippen molar-refractivity contribution in [3.63, 3.8) is 0 Å². The maximum absolute atomic E-state index is 11.9. The summed E-state index contributed by atoms with van der Waals surface area (Å²) in [7, 11) is 2.74. The molecule has 0 N–H and O–H groups in total. The Morgan fingerprint density at radius 3 is 2.43 bits per heavy atom. The number of hydrogen-bond donors (Lipinski definition) is 0. The molecule has 1 heterocycles. The zero-order valence-electron chi connectivity index (χ0n) is 11.1. The number of rotatable bonds is 3. The maximum atomic E-state index is 11.9. The molecule has 1 aromatic heterocycles. The highest BCUT2D eigenvalue weighted by Crippen LogP contribution is 2.39. The topological polar surface area (TPSA) is 48.4 Å². The van der Waals surface area contributed by atoms with E-state index in [4.69, 9.17) is 44.3 Å². The van der Waals surface area contributed by atoms with E-state index in [1.165, 1.54) is 26.5 Å². The molecular weight excluding hydrogens is 337 g/mol. The minimum absolute atomic E-state index is 0.211. The highest BCUT2D eigenvalue weighted by Gasteiger charge is 2.19. The Kier molecular flexibility index (Phi) is 4.93. The number of aromatic nitrogens is 1. The molecule has 2 aromatic rings. The van der Waals surface area contributed by atoms with Crippen LogP contribution in [0.3, 0.4) is 0 Å². The Morgan fingerprint density at radius 1 is 1.10 bits per heavy atom. The largest absolute Gasteiger partial charge is 0.481 e. The number of benzene rings is 1. The zero-order valence-corrected chi connectivity index (χ0v) is 13.4. The molecule has 0 unspecified atom stereocenters. The fourth-order valence-electron chi connectivity index (χ4n) is 1.78. The first-order chi connectivity index (χ1) is 9.99. The lowest BCUT2D eigenvalue weighted by atomic mass is 10.0. The molecule has 21 heavy (non-hydrogen) atoms. The highest BCUT2D eigenvalue weighted by atomic mass is 35.5. The number of carbonyl (C=O) groups is 1. The van der Waals surface area contributed by atoms with Gasteiger partial charge in [-0.25, -0.2) is 9.78 Å². The number of carbonyl (C=O) groups excluding carboxylic acids is 1. The summed E-state index contributed by atoms with van der Waals surface area (Å²) in [5.74, 6) is -0.247. The van der Waals surface area contributed by atoms with E-state index in [1.54, 1.807) is 12.1 Å². The van der Waals surface area contributed by atoms with E-state index in [2.05, 4.69) is 4.98 Å². The van der Waals surface area contributed by atoms with Crippen LogP contribution in [0.1, 0.15) is 10.4 Å². The van der Waals surface area contributed by atoms with Crippen LogP contribution in [0.5, 0.6) is 5.88 Å². The second-order valence-corrected chi connectivity index (χ2v) is 5.15. The van der Waals surface area contributed by atoms with Crippen molar-refractivity contribution in [2.24, 2.45) is 0 Å². The summed E-state index contributed by atoms with van der Waals surface area (Å²) >= 11 is 18.1. The standard InChI is InChI=1S/C14H10Cl3NO3/c1-20-11-5-8(14(19)21-2)9(6-18-11)7-3-4-10(15)13(17)12(7)16/h3-6H,1-2H3. The molecule has 0 aliphatic heterocycles. The molecule has 4 nitrogen and oxygen atoms in total. The van der Waals surface area contributed by atoms with Crippen molar-refractivity contribution in [1.29, 1.82) is 0 Å². The monoisotopic (exact) mass is 345 g/mol. The van der Waals surface area contributed by atoms with Crippen molar-refractivity contribution in [1.82, 2.24) is 4.98 Å². The average Bonchev–Trinajstić information content (AvgIpc) is 2.51. The van der Waals surface area contributed by atoms with Crippen molar-refractivity contribution in [3.05, 3.63) is 45.0 Å². The summed E-state index contributed by atoms with van der Waals surface area (Å²) in [5, 5.41) is 0.773. The van der Waals surface area contributed by atoms with E-state index in [1.807, 2.05) is 0 Å². The predicted molar refractivity (Wildman–Crippen MR) is 82.6 cm³/mol. The number of ether oxygens (including phenoxy) is 2. The molecule has 110 valence electrons. The number of nitrogens with zero attached hydrogens (tertiary/aromatic N) is 1. The first-order valence-electron chi connectivity index (χ1n) is 5.75. The van der Waals surface area contributed by atoms with Gasteiger partial charge >= 0.3 is 5.97 Å². The Morgan fingerprint density at radius 2 is 1.81 bits per heavy atom. The summed E-state index contributed by atoms with van der Waals surface area (Å²) in [5.41, 5.74) is 1.28. The van der Waals surface area contributed by atoms with Crippen LogP contribution in [-0.2, 0) is 4.74 Å². The quantitative estimate of drug-likeness (QED) is 0.606. The second-order valence-electron chi connectivity index (χ2n) is 3.99. The molecule has 0 saturated carbocycles. The molecule has 0 atom stereocenters. The Labute approximate surface area is 136 Å². The first-order valence-corrected chi connectivity index (χ1v) is 6.89. The van der Waals surface area contributed by atoms with E-state index in [9.17, 15) is 4.79 Å². The third-order valence-corrected chi connectivity index (χ3v) is 4.11. The molecular formula is C14H10Cl3NO3. The lowest BCUT2D eigenvalue weighted by molar-refractivity contribution is 0.0601. The smallest absolute Gasteiger partial charge is 0.338 e. The van der Waals surface area contributed by atoms with Crippen LogP contribution in [0.15, 0.2) is 24.4 Å². The van der Waals surface area contributed by atoms with Gasteiger partial charge < -0.3 is 9.47 Å². The van der Waals surface area contributed by atoms with Crippen LogP contribution in [-0.4, -0.2) is 25.2 Å². The van der Waals surface area contributed by atoms with E-state index in [0.29, 0.717) is 16.1 Å². The lowest BCUT2D eigenvalue weighted by Crippen LogP contribution is -2.05. The number of methoxy groups -OCH3 is 2. The molecule has 0 spiro atoms. The van der Waals surface area contributed by atoms with Gasteiger partial charge in [0.05, 0.1) is 34.9 Å². The predicted octanol–water partition coefficient (Wildman–Crippen LogP) is 4.50. The minimum atomic E-state index is -0.534. The minimum Gasteiger partial charge on any atom is -0.481 e. The van der Waals surface area contributed by atoms with Gasteiger partial charge in [-0.3, -0.25) is 0 Å². The van der Waals surface area contributed by atoms with Gasteiger partial charge in [0.25, 0.3) is 0 Å². The molecule has 1 aromatic carbocycles. The number of hydrogen-bond acceptors (Lipinski definition) is 4. The van der Waals surface area contributed by atoms with Gasteiger partial charge in [0.15, 0.2) is 0 Å². The molecule has 0 fully saturated rings. The van der Waals surface area contributed by atoms with Crippen LogP contribution in [0.2, 0.25) is 15.1 Å². The SMILES string of the molecule is COC(=O)c1cc(OC)ncc1-c1ccc(Cl)c(Cl)c1Cl. The Bertz CT molecular complexity index is 704. The summed E-state index contributed by atoms with van der Waals surface area (Å²) in [6.07, 6.45) is 1.47. The third kappa shape index (κ3) is 3.07. The fraction of sp³-hybridized carbons (Fsp3) is 0.143. The van der Waals surface area contributed by atoms with Gasteiger partial charge in [-0.05, 0) is 6.07 Å². The molecule has 2 rings (SSSR count). The van der Waals surface area contributed by atoms with E-state index in [0.717, 1.165) is 0 Å². The van der Waals surface area contributed by atoms with Gasteiger partial charge in [0, 0.05) is 23.4 Å². The number of esters is 1. The maximum Gasteiger partial charge on any atom is 0.338 e. The summed E-state index contributed by atoms with van der Waals surface area (Å²) in [6.45, 7) is 0. The molecule has 0 aliphatic rings. The van der Waals surface area contributed by atoms with Gasteiger partial charge in [0.1, 0.15) is 0 Å². The van der Waals surface area contributed by atoms with Gasteiger partial charge in [-0.15, -0.1) is 0 Å². The van der Waals surface area contributed by atoms with Crippen molar-refractivity contribution in [2.45, 2.75) is 0 Å². The van der Waals surface area contributed by atoms with Crippen LogP contribution in [0, 0.1) is 0 Å². The summed E-state index contributed by atoms with van der Waals surface area (Å²) < 4.78 is 9.78. The molecule has 7 heteroatoms. The van der Waals surface area contributed by atoms with E-state index >= 15 is 0 Å². The average molecular weight is 347 g/mol. The zero-order chi connectivity index (χ0) is 15.6. The second kappa shape index (κ2) is 6.52. The normalized spacial score (nSPS) is 10.3. The van der Waals surface area contributed by atoms with Crippen LogP contribution in [0.4, 0.5) is 0 Å². The van der Waals surface area contributed by atoms with E-state index in [-0.39, 0.29) is 21.5 Å². The summed E-state index contributed by atoms with van der Waals surface area (Å²) in [6, 6.07) is 4.73. The van der Waals surface area contributed by atoms with Crippen LogP contribution < -0.4 is 4.74 Å². The summed E-state index contributed by atoms with van der Waals surface area (Å²) in [4.78, 5) is 16.0. The Hall–Kier alpha value is -1.49. The van der Waals surface area contributed by atoms with Crippen molar-refractivity contribution in [3.8, 4) is 17.0 Å². The van der Waals surface area contributed by atoms with Crippen LogP contribution >= 0.6 is 34.8 Å². The van der Waals surface area contributed by atoms with Crippen molar-refractivity contribution in [2.75, 3.05) is 14.2 Å². The van der Waals surface area contributed by atoms with Crippen molar-refractivity contribution < 1.29 is 14.3 Å². The van der Waals surface area contributed by atoms with Crippen molar-refractivity contribution >= 4 is 40.8 Å². The first kappa shape index (κ1) is 15.9. The van der Waals surface area contributed by atoms with Gasteiger partial charge in [0.2, 0.25) is 5.88 Å². The Balaban J connectivity index is 2.69. The molecule has 0 radical (unpaired) electrons. The fourth-order valence-corrected chi connectivity index (χ4v) is 2.41.